The average Bonchev–Trinajstić information content (AvgIpc) is 3.24. The molecule has 0 N–H and O–H groups in total. The molecule has 1 aliphatic carbocycles. The summed E-state index contributed by atoms with van der Waals surface area (Å²) in [6.45, 7) is 15.3. The van der Waals surface area contributed by atoms with E-state index < -0.39 is 0 Å². The van der Waals surface area contributed by atoms with E-state index >= 15 is 0 Å². The molecular formula is C32H33BO2. The largest absolute Gasteiger partial charge is 0.495 e. The van der Waals surface area contributed by atoms with Crippen LogP contribution >= 0.6 is 0 Å². The predicted octanol–water partition coefficient (Wildman–Crippen LogP) is 7.75. The van der Waals surface area contributed by atoms with Crippen LogP contribution in [0.15, 0.2) is 72.8 Å². The van der Waals surface area contributed by atoms with Crippen LogP contribution in [0.4, 0.5) is 0 Å². The lowest BCUT2D eigenvalue weighted by Gasteiger charge is -2.32. The van der Waals surface area contributed by atoms with Gasteiger partial charge in [-0.05, 0) is 94.4 Å². The van der Waals surface area contributed by atoms with Gasteiger partial charge in [0.25, 0.3) is 0 Å². The molecule has 1 aliphatic heterocycles. The van der Waals surface area contributed by atoms with Crippen LogP contribution in [-0.2, 0) is 14.7 Å². The van der Waals surface area contributed by atoms with Crippen LogP contribution in [0.2, 0.25) is 0 Å². The highest BCUT2D eigenvalue weighted by molar-refractivity contribution is 6.65. The second-order valence-corrected chi connectivity index (χ2v) is 12.1. The van der Waals surface area contributed by atoms with Gasteiger partial charge < -0.3 is 9.31 Å². The molecule has 0 unspecified atom stereocenters. The molecule has 4 aromatic carbocycles. The van der Waals surface area contributed by atoms with Crippen molar-refractivity contribution in [2.45, 2.75) is 65.1 Å². The third kappa shape index (κ3) is 3.32. The molecule has 3 heteroatoms. The van der Waals surface area contributed by atoms with Gasteiger partial charge in [0.05, 0.1) is 11.2 Å². The second kappa shape index (κ2) is 7.32. The summed E-state index contributed by atoms with van der Waals surface area (Å²) in [5.74, 6) is 0. The molecule has 2 nitrogen and oxygen atoms in total. The van der Waals surface area contributed by atoms with Crippen molar-refractivity contribution in [1.29, 1.82) is 0 Å². The maximum atomic E-state index is 6.44. The Labute approximate surface area is 209 Å². The molecule has 0 atom stereocenters. The molecule has 0 radical (unpaired) electrons. The monoisotopic (exact) mass is 460 g/mol. The van der Waals surface area contributed by atoms with Gasteiger partial charge in [-0.2, -0.15) is 0 Å². The Balaban J connectivity index is 1.50. The highest BCUT2D eigenvalue weighted by atomic mass is 16.7. The van der Waals surface area contributed by atoms with E-state index in [1.165, 1.54) is 49.7 Å². The van der Waals surface area contributed by atoms with Crippen molar-refractivity contribution in [2.75, 3.05) is 0 Å². The van der Waals surface area contributed by atoms with E-state index in [4.69, 9.17) is 9.31 Å². The molecule has 0 bridgehead atoms. The zero-order valence-electron chi connectivity index (χ0n) is 21.8. The summed E-state index contributed by atoms with van der Waals surface area (Å²) in [5, 5.41) is 2.52. The molecule has 0 spiro atoms. The van der Waals surface area contributed by atoms with Gasteiger partial charge in [0, 0.05) is 0 Å². The van der Waals surface area contributed by atoms with E-state index in [9.17, 15) is 0 Å². The van der Waals surface area contributed by atoms with Crippen molar-refractivity contribution in [3.05, 3.63) is 78.4 Å². The molecule has 2 aliphatic rings. The third-order valence-corrected chi connectivity index (χ3v) is 8.23. The molecule has 0 amide bonds. The molecule has 1 fully saturated rings. The minimum absolute atomic E-state index is 0.0797. The average molecular weight is 460 g/mol. The van der Waals surface area contributed by atoms with Crippen LogP contribution in [0.5, 0.6) is 0 Å². The zero-order chi connectivity index (χ0) is 24.8. The van der Waals surface area contributed by atoms with Gasteiger partial charge in [0.15, 0.2) is 0 Å². The first-order valence-corrected chi connectivity index (χ1v) is 12.6. The first-order valence-electron chi connectivity index (χ1n) is 12.6. The first-order chi connectivity index (χ1) is 16.5. The smallest absolute Gasteiger partial charge is 0.399 e. The van der Waals surface area contributed by atoms with E-state index in [2.05, 4.69) is 121 Å². The third-order valence-electron chi connectivity index (χ3n) is 8.23. The van der Waals surface area contributed by atoms with E-state index in [1.54, 1.807) is 0 Å². The van der Waals surface area contributed by atoms with Gasteiger partial charge in [-0.25, -0.2) is 0 Å². The van der Waals surface area contributed by atoms with E-state index in [1.807, 2.05) is 0 Å². The fraction of sp³-hybridized carbons (Fsp3) is 0.312. The van der Waals surface area contributed by atoms with E-state index in [0.717, 1.165) is 5.46 Å². The van der Waals surface area contributed by atoms with Gasteiger partial charge in [-0.1, -0.05) is 87.5 Å². The fourth-order valence-electron chi connectivity index (χ4n) is 5.61. The van der Waals surface area contributed by atoms with Crippen LogP contribution in [0.3, 0.4) is 0 Å². The lowest BCUT2D eigenvalue weighted by atomic mass is 9.75. The Morgan fingerprint density at radius 3 is 1.97 bits per heavy atom. The van der Waals surface area contributed by atoms with Crippen LogP contribution in [0, 0.1) is 0 Å². The number of fused-ring (bicyclic) bond motifs is 3. The molecule has 4 aromatic rings. The highest BCUT2D eigenvalue weighted by Gasteiger charge is 2.52. The quantitative estimate of drug-likeness (QED) is 0.251. The normalized spacial score (nSPS) is 17.7. The van der Waals surface area contributed by atoms with Gasteiger partial charge >= 0.3 is 7.12 Å². The van der Waals surface area contributed by atoms with Crippen molar-refractivity contribution in [2.24, 2.45) is 0 Å². The second-order valence-electron chi connectivity index (χ2n) is 12.1. The topological polar surface area (TPSA) is 18.5 Å². The Kier molecular flexibility index (Phi) is 4.72. The number of hydrogen-bond acceptors (Lipinski definition) is 2. The summed E-state index contributed by atoms with van der Waals surface area (Å²) < 4.78 is 12.9. The first kappa shape index (κ1) is 22.6. The molecule has 1 saturated heterocycles. The molecule has 6 rings (SSSR count). The van der Waals surface area contributed by atoms with Crippen molar-refractivity contribution in [1.82, 2.24) is 0 Å². The SMILES string of the molecule is CC(C)(C)c1ccccc1-c1ccc2c(c1)-c1ccc(B3OC(C)(C)C(C)(C)O3)c3cccc-2c13. The maximum absolute atomic E-state index is 6.44. The number of hydrogen-bond donors (Lipinski definition) is 0. The highest BCUT2D eigenvalue weighted by Crippen LogP contribution is 2.49. The Morgan fingerprint density at radius 1 is 0.629 bits per heavy atom. The summed E-state index contributed by atoms with van der Waals surface area (Å²) >= 11 is 0. The van der Waals surface area contributed by atoms with Crippen molar-refractivity contribution < 1.29 is 9.31 Å². The molecule has 0 aromatic heterocycles. The van der Waals surface area contributed by atoms with Crippen LogP contribution in [-0.4, -0.2) is 18.3 Å². The van der Waals surface area contributed by atoms with Gasteiger partial charge in [-0.15, -0.1) is 0 Å². The number of rotatable bonds is 2. The molecule has 0 saturated carbocycles. The van der Waals surface area contributed by atoms with Crippen LogP contribution < -0.4 is 5.46 Å². The molecular weight excluding hydrogens is 427 g/mol. The van der Waals surface area contributed by atoms with Gasteiger partial charge in [0.1, 0.15) is 0 Å². The van der Waals surface area contributed by atoms with Crippen LogP contribution in [0.1, 0.15) is 54.0 Å². The van der Waals surface area contributed by atoms with Gasteiger partial charge in [-0.3, -0.25) is 0 Å². The summed E-state index contributed by atoms with van der Waals surface area (Å²) in [7, 11) is -0.373. The molecule has 176 valence electrons. The van der Waals surface area contributed by atoms with E-state index in [-0.39, 0.29) is 23.7 Å². The summed E-state index contributed by atoms with van der Waals surface area (Å²) in [6.07, 6.45) is 0. The van der Waals surface area contributed by atoms with Gasteiger partial charge in [0.2, 0.25) is 0 Å². The van der Waals surface area contributed by atoms with Crippen molar-refractivity contribution >= 4 is 23.4 Å². The van der Waals surface area contributed by atoms with Crippen molar-refractivity contribution in [3.63, 3.8) is 0 Å². The predicted molar refractivity (Wildman–Crippen MR) is 148 cm³/mol. The lowest BCUT2D eigenvalue weighted by Crippen LogP contribution is -2.41. The Bertz CT molecular complexity index is 1470. The summed E-state index contributed by atoms with van der Waals surface area (Å²) in [4.78, 5) is 0. The number of benzene rings is 4. The van der Waals surface area contributed by atoms with E-state index in [0.29, 0.717) is 0 Å². The molecule has 35 heavy (non-hydrogen) atoms. The van der Waals surface area contributed by atoms with Crippen LogP contribution in [0.25, 0.3) is 44.2 Å². The fourth-order valence-corrected chi connectivity index (χ4v) is 5.61. The maximum Gasteiger partial charge on any atom is 0.495 e. The summed E-state index contributed by atoms with van der Waals surface area (Å²) in [5.41, 5.74) is 9.60. The van der Waals surface area contributed by atoms with Crippen molar-refractivity contribution in [3.8, 4) is 33.4 Å². The minimum Gasteiger partial charge on any atom is -0.399 e. The molecule has 1 heterocycles. The Morgan fingerprint density at radius 2 is 1.26 bits per heavy atom. The Hall–Kier alpha value is -2.88. The summed E-state index contributed by atoms with van der Waals surface area (Å²) in [6, 6.07) is 26.8. The zero-order valence-corrected chi connectivity index (χ0v) is 21.8. The standard InChI is InChI=1S/C32H33BO2/c1-30(2,3)27-14-9-8-11-21(27)20-15-16-22-23-12-10-13-25-28(18-17-24(29(23)25)26(22)19-20)33-34-31(4,5)32(6,7)35-33/h8-19H,1-7H3. The minimum atomic E-state index is -0.373. The lowest BCUT2D eigenvalue weighted by molar-refractivity contribution is 0.00578.